The second kappa shape index (κ2) is 7.93. The van der Waals surface area contributed by atoms with Crippen LogP contribution in [0.5, 0.6) is 0 Å². The number of carbonyl (C=O) groups is 1. The van der Waals surface area contributed by atoms with E-state index in [1.165, 1.54) is 0 Å². The van der Waals surface area contributed by atoms with Gasteiger partial charge in [0.15, 0.2) is 30.1 Å². The molecule has 138 valence electrons. The number of rotatable bonds is 9. The van der Waals surface area contributed by atoms with Crippen molar-refractivity contribution < 1.29 is 23.2 Å². The number of amides is 1. The molecule has 0 aliphatic heterocycles. The fraction of sp³-hybridized carbons (Fsp3) is 0.923. The minimum Gasteiger partial charge on any atom is -0.465 e. The van der Waals surface area contributed by atoms with Gasteiger partial charge in [-0.05, 0) is 45.7 Å². The zero-order valence-electron chi connectivity index (χ0n) is 16.4. The normalized spacial score (nSPS) is 15.4. The maximum absolute atomic E-state index is 11.5. The van der Waals surface area contributed by atoms with Gasteiger partial charge in [-0.15, -0.1) is 0 Å². The summed E-state index contributed by atoms with van der Waals surface area (Å²) in [5, 5.41) is 12.3. The van der Waals surface area contributed by atoms with Gasteiger partial charge < -0.3 is 23.7 Å². The van der Waals surface area contributed by atoms with Crippen molar-refractivity contribution in [2.45, 2.75) is 58.3 Å². The number of hydrogen-bond donors (Lipinski definition) is 2. The quantitative estimate of drug-likeness (QED) is 0.585. The monoisotopic (exact) mass is 397 g/mol. The van der Waals surface area contributed by atoms with Crippen molar-refractivity contribution >= 4 is 36.2 Å². The second-order valence-corrected chi connectivity index (χ2v) is 42.4. The standard InChI is InChI=1S/C13H35NO5Si4/c1-11-12(14-13(15)16)23(20(5,6)17-2,21(7,8)18-3)22(9,10)19-4/h12,14H,11H2,1-10H3,(H,15,16). The Hall–Kier alpha value is 0.0175. The molecule has 1 unspecified atom stereocenters. The summed E-state index contributed by atoms with van der Waals surface area (Å²) >= 11 is 0. The van der Waals surface area contributed by atoms with E-state index in [4.69, 9.17) is 13.3 Å². The highest BCUT2D eigenvalue weighted by Crippen LogP contribution is 2.41. The molecule has 0 fully saturated rings. The summed E-state index contributed by atoms with van der Waals surface area (Å²) in [5.74, 6) is 0. The molecule has 0 heterocycles. The van der Waals surface area contributed by atoms with Crippen molar-refractivity contribution in [3.05, 3.63) is 0 Å². The number of hydrogen-bond acceptors (Lipinski definition) is 4. The lowest BCUT2D eigenvalue weighted by Gasteiger charge is -2.59. The van der Waals surface area contributed by atoms with E-state index in [1.54, 1.807) is 21.3 Å². The maximum Gasteiger partial charge on any atom is 0.404 e. The van der Waals surface area contributed by atoms with E-state index in [9.17, 15) is 9.90 Å². The summed E-state index contributed by atoms with van der Waals surface area (Å²) < 4.78 is 18.4. The molecule has 0 aliphatic rings. The van der Waals surface area contributed by atoms with Crippen molar-refractivity contribution in [2.75, 3.05) is 21.3 Å². The molecule has 0 aromatic carbocycles. The zero-order chi connectivity index (χ0) is 18.7. The van der Waals surface area contributed by atoms with E-state index in [1.807, 2.05) is 6.92 Å². The van der Waals surface area contributed by atoms with E-state index >= 15 is 0 Å². The first kappa shape index (κ1) is 23.0. The van der Waals surface area contributed by atoms with Crippen LogP contribution < -0.4 is 5.32 Å². The summed E-state index contributed by atoms with van der Waals surface area (Å²) in [6, 6.07) is 0. The topological polar surface area (TPSA) is 77.0 Å². The first-order valence-corrected chi connectivity index (χ1v) is 21.8. The molecule has 0 saturated heterocycles. The van der Waals surface area contributed by atoms with Gasteiger partial charge in [0.05, 0.1) is 0 Å². The molecule has 0 aliphatic carbocycles. The molecule has 0 spiro atoms. The Balaban J connectivity index is 6.80. The minimum absolute atomic E-state index is 0.121. The Bertz CT molecular complexity index is 376. The van der Waals surface area contributed by atoms with Gasteiger partial charge >= 0.3 is 6.09 Å². The van der Waals surface area contributed by atoms with E-state index < -0.39 is 36.2 Å². The highest BCUT2D eigenvalue weighted by molar-refractivity contribution is 7.87. The van der Waals surface area contributed by atoms with Crippen molar-refractivity contribution in [3.63, 3.8) is 0 Å². The van der Waals surface area contributed by atoms with Crippen LogP contribution in [0.2, 0.25) is 39.3 Å². The van der Waals surface area contributed by atoms with E-state index in [0.29, 0.717) is 0 Å². The molecular formula is C13H35NO5Si4. The Morgan fingerprint density at radius 3 is 1.39 bits per heavy atom. The summed E-state index contributed by atoms with van der Waals surface area (Å²) in [5.41, 5.74) is -0.121. The third-order valence-electron chi connectivity index (χ3n) is 5.61. The minimum atomic E-state index is -2.41. The average Bonchev–Trinajstić information content (AvgIpc) is 2.45. The highest BCUT2D eigenvalue weighted by atomic mass is 29.9. The summed E-state index contributed by atoms with van der Waals surface area (Å²) in [7, 11) is -1.41. The third-order valence-corrected chi connectivity index (χ3v) is 70.5. The van der Waals surface area contributed by atoms with Gasteiger partial charge in [0.25, 0.3) is 0 Å². The van der Waals surface area contributed by atoms with Crippen LogP contribution in [-0.4, -0.2) is 68.3 Å². The molecule has 0 radical (unpaired) electrons. The number of nitrogens with one attached hydrogen (secondary N) is 1. The lowest BCUT2D eigenvalue weighted by Crippen LogP contribution is -2.93. The van der Waals surface area contributed by atoms with E-state index in [0.717, 1.165) is 6.42 Å². The molecule has 2 N–H and O–H groups in total. The van der Waals surface area contributed by atoms with Crippen LogP contribution in [0.3, 0.4) is 0 Å². The predicted octanol–water partition coefficient (Wildman–Crippen LogP) is 2.81. The van der Waals surface area contributed by atoms with Crippen LogP contribution >= 0.6 is 0 Å². The molecule has 0 aromatic rings. The van der Waals surface area contributed by atoms with E-state index in [-0.39, 0.29) is 5.67 Å². The van der Waals surface area contributed by atoms with Gasteiger partial charge in [0.2, 0.25) is 0 Å². The van der Waals surface area contributed by atoms with Crippen molar-refractivity contribution in [1.29, 1.82) is 0 Å². The Morgan fingerprint density at radius 1 is 0.913 bits per heavy atom. The molecule has 0 aromatic heterocycles. The van der Waals surface area contributed by atoms with Crippen LogP contribution in [0, 0.1) is 0 Å². The molecule has 6 nitrogen and oxygen atoms in total. The first-order chi connectivity index (χ1) is 10.3. The molecule has 10 heteroatoms. The molecule has 0 bridgehead atoms. The van der Waals surface area contributed by atoms with Gasteiger partial charge in [-0.3, -0.25) is 0 Å². The molecule has 23 heavy (non-hydrogen) atoms. The van der Waals surface area contributed by atoms with Gasteiger partial charge in [-0.2, -0.15) is 0 Å². The van der Waals surface area contributed by atoms with Crippen molar-refractivity contribution in [3.8, 4) is 0 Å². The molecule has 1 atom stereocenters. The SMILES string of the molecule is CCC(NC(=O)O)[Si]([Si](C)(C)OC)([Si](C)(C)OC)[Si](C)(C)OC. The highest BCUT2D eigenvalue weighted by Gasteiger charge is 2.74. The Kier molecular flexibility index (Phi) is 7.94. The maximum atomic E-state index is 11.5. The third kappa shape index (κ3) is 3.83. The molecule has 0 rings (SSSR count). The lowest BCUT2D eigenvalue weighted by atomic mass is 10.5. The fourth-order valence-corrected chi connectivity index (χ4v) is 84.0. The zero-order valence-corrected chi connectivity index (χ0v) is 20.4. The van der Waals surface area contributed by atoms with Crippen LogP contribution in [0.4, 0.5) is 4.79 Å². The second-order valence-electron chi connectivity index (χ2n) is 7.36. The largest absolute Gasteiger partial charge is 0.465 e. The lowest BCUT2D eigenvalue weighted by molar-refractivity contribution is 0.192. The fourth-order valence-electron chi connectivity index (χ4n) is 4.58. The number of carboxylic acid groups (broad SMARTS) is 1. The van der Waals surface area contributed by atoms with Gasteiger partial charge in [-0.1, -0.05) is 6.92 Å². The van der Waals surface area contributed by atoms with Crippen LogP contribution in [0.15, 0.2) is 0 Å². The smallest absolute Gasteiger partial charge is 0.404 e. The molecule has 0 saturated carbocycles. The predicted molar refractivity (Wildman–Crippen MR) is 104 cm³/mol. The van der Waals surface area contributed by atoms with Gasteiger partial charge in [0.1, 0.15) is 0 Å². The van der Waals surface area contributed by atoms with Gasteiger partial charge in [0, 0.05) is 27.0 Å². The molecular weight excluding hydrogens is 362 g/mol. The Labute approximate surface area is 144 Å². The van der Waals surface area contributed by atoms with Crippen molar-refractivity contribution in [2.24, 2.45) is 0 Å². The Morgan fingerprint density at radius 2 is 1.22 bits per heavy atom. The van der Waals surface area contributed by atoms with Crippen molar-refractivity contribution in [1.82, 2.24) is 5.32 Å². The average molecular weight is 398 g/mol. The van der Waals surface area contributed by atoms with Crippen LogP contribution in [0.1, 0.15) is 13.3 Å². The van der Waals surface area contributed by atoms with Gasteiger partial charge in [-0.25, -0.2) is 4.79 Å². The van der Waals surface area contributed by atoms with E-state index in [2.05, 4.69) is 44.6 Å². The summed E-state index contributed by atoms with van der Waals surface area (Å²) in [6.45, 7) is 12.9. The molecule has 1 amide bonds. The summed E-state index contributed by atoms with van der Waals surface area (Å²) in [4.78, 5) is 11.5. The first-order valence-electron chi connectivity index (χ1n) is 7.96. The summed E-state index contributed by atoms with van der Waals surface area (Å²) in [6.07, 6.45) is -0.242. The van der Waals surface area contributed by atoms with Crippen LogP contribution in [-0.2, 0) is 13.3 Å². The van der Waals surface area contributed by atoms with Crippen LogP contribution in [0.25, 0.3) is 0 Å².